The zero-order valence-electron chi connectivity index (χ0n) is 17.5. The van der Waals surface area contributed by atoms with E-state index in [4.69, 9.17) is 21.1 Å². The summed E-state index contributed by atoms with van der Waals surface area (Å²) >= 11 is 7.34. The maximum absolute atomic E-state index is 13.6. The van der Waals surface area contributed by atoms with Crippen molar-refractivity contribution >= 4 is 40.4 Å². The first-order valence-corrected chi connectivity index (χ1v) is 10.9. The molecule has 1 aliphatic rings. The molecule has 4 rings (SSSR count). The van der Waals surface area contributed by atoms with E-state index in [9.17, 15) is 14.0 Å². The summed E-state index contributed by atoms with van der Waals surface area (Å²) in [5, 5.41) is 4.62. The fourth-order valence-corrected chi connectivity index (χ4v) is 5.03. The smallest absolute Gasteiger partial charge is 0.254 e. The van der Waals surface area contributed by atoms with Gasteiger partial charge in [0.25, 0.3) is 5.91 Å². The van der Waals surface area contributed by atoms with Gasteiger partial charge < -0.3 is 19.7 Å². The van der Waals surface area contributed by atoms with Crippen molar-refractivity contribution < 1.29 is 23.5 Å². The number of nitrogens with one attached hydrogen (secondary N) is 1. The third kappa shape index (κ3) is 3.80. The Hall–Kier alpha value is -3.10. The van der Waals surface area contributed by atoms with Gasteiger partial charge in [0.15, 0.2) is 11.5 Å². The number of ether oxygens (including phenoxy) is 2. The molecule has 32 heavy (non-hydrogen) atoms. The van der Waals surface area contributed by atoms with E-state index < -0.39 is 17.8 Å². The number of hydrogen-bond acceptors (Lipinski definition) is 5. The molecule has 0 saturated heterocycles. The highest BCUT2D eigenvalue weighted by Gasteiger charge is 2.44. The number of carbonyl (C=O) groups excluding carboxylic acids is 2. The van der Waals surface area contributed by atoms with Crippen LogP contribution in [0, 0.1) is 5.82 Å². The Balaban J connectivity index is 1.85. The first-order chi connectivity index (χ1) is 15.3. The molecule has 1 aromatic heterocycles. The van der Waals surface area contributed by atoms with E-state index in [1.165, 1.54) is 43.8 Å². The summed E-state index contributed by atoms with van der Waals surface area (Å²) in [6.45, 7) is 0. The molecule has 166 valence electrons. The number of anilines is 1. The lowest BCUT2D eigenvalue weighted by Gasteiger charge is -2.39. The molecule has 6 nitrogen and oxygen atoms in total. The van der Waals surface area contributed by atoms with Crippen LogP contribution in [0.3, 0.4) is 0 Å². The van der Waals surface area contributed by atoms with Crippen molar-refractivity contribution in [3.63, 3.8) is 0 Å². The van der Waals surface area contributed by atoms with Crippen molar-refractivity contribution in [2.75, 3.05) is 26.6 Å². The van der Waals surface area contributed by atoms with E-state index in [0.717, 1.165) is 4.88 Å². The van der Waals surface area contributed by atoms with Gasteiger partial charge in [-0.05, 0) is 47.3 Å². The molecule has 2 aromatic carbocycles. The molecule has 1 aliphatic heterocycles. The largest absolute Gasteiger partial charge is 0.493 e. The second-order valence-corrected chi connectivity index (χ2v) is 8.65. The zero-order chi connectivity index (χ0) is 23.0. The van der Waals surface area contributed by atoms with Gasteiger partial charge in [-0.15, -0.1) is 11.3 Å². The van der Waals surface area contributed by atoms with Crippen LogP contribution in [0.25, 0.3) is 0 Å². The summed E-state index contributed by atoms with van der Waals surface area (Å²) < 4.78 is 24.4. The SMILES string of the molecule is COc1cc2c(cc1OC)[C@H](C(=O)Nc1ccc(F)c(Cl)c1)[C@H](c1cccs1)N(C)C2=O. The summed E-state index contributed by atoms with van der Waals surface area (Å²) in [6.07, 6.45) is 0. The first-order valence-electron chi connectivity index (χ1n) is 9.68. The van der Waals surface area contributed by atoms with Crippen molar-refractivity contribution in [2.45, 2.75) is 12.0 Å². The highest BCUT2D eigenvalue weighted by atomic mass is 35.5. The molecule has 0 aliphatic carbocycles. The van der Waals surface area contributed by atoms with Gasteiger partial charge in [-0.1, -0.05) is 17.7 Å². The molecule has 2 heterocycles. The van der Waals surface area contributed by atoms with Crippen LogP contribution in [0.4, 0.5) is 10.1 Å². The molecule has 0 bridgehead atoms. The number of hydrogen-bond donors (Lipinski definition) is 1. The molecule has 2 amide bonds. The Morgan fingerprint density at radius 1 is 1.16 bits per heavy atom. The molecule has 2 atom stereocenters. The Morgan fingerprint density at radius 2 is 1.88 bits per heavy atom. The lowest BCUT2D eigenvalue weighted by Crippen LogP contribution is -2.43. The first kappa shape index (κ1) is 22.1. The molecule has 3 aromatic rings. The van der Waals surface area contributed by atoms with Crippen LogP contribution in [0.5, 0.6) is 11.5 Å². The van der Waals surface area contributed by atoms with Crippen LogP contribution >= 0.6 is 22.9 Å². The van der Waals surface area contributed by atoms with Crippen LogP contribution in [0.2, 0.25) is 5.02 Å². The molecular formula is C23H20ClFN2O4S. The monoisotopic (exact) mass is 474 g/mol. The standard InChI is InChI=1S/C23H20ClFN2O4S/c1-27-21(19-5-4-8-32-19)20(22(28)26-12-6-7-16(25)15(24)9-12)13-10-17(30-2)18(31-3)11-14(13)23(27)29/h4-11,20-21H,1-3H3,(H,26,28)/t20-,21-/m0/s1. The number of rotatable bonds is 5. The number of thiophene rings is 1. The minimum atomic E-state index is -0.755. The van der Waals surface area contributed by atoms with E-state index in [0.29, 0.717) is 28.3 Å². The predicted octanol–water partition coefficient (Wildman–Crippen LogP) is 5.11. The Kier molecular flexibility index (Phi) is 6.08. The highest BCUT2D eigenvalue weighted by molar-refractivity contribution is 7.10. The van der Waals surface area contributed by atoms with Crippen LogP contribution in [0.15, 0.2) is 47.8 Å². The predicted molar refractivity (Wildman–Crippen MR) is 121 cm³/mol. The van der Waals surface area contributed by atoms with E-state index in [1.807, 2.05) is 17.5 Å². The van der Waals surface area contributed by atoms with Gasteiger partial charge in [0.1, 0.15) is 5.82 Å². The number of nitrogens with zero attached hydrogens (tertiary/aromatic N) is 1. The zero-order valence-corrected chi connectivity index (χ0v) is 19.1. The number of fused-ring (bicyclic) bond motifs is 1. The van der Waals surface area contributed by atoms with Crippen molar-refractivity contribution in [1.29, 1.82) is 0 Å². The molecule has 0 saturated carbocycles. The molecule has 0 fully saturated rings. The minimum Gasteiger partial charge on any atom is -0.493 e. The molecule has 0 unspecified atom stereocenters. The van der Waals surface area contributed by atoms with Crippen molar-refractivity contribution in [1.82, 2.24) is 4.90 Å². The summed E-state index contributed by atoms with van der Waals surface area (Å²) in [4.78, 5) is 29.2. The summed E-state index contributed by atoms with van der Waals surface area (Å²) in [5.41, 5.74) is 1.23. The van der Waals surface area contributed by atoms with Gasteiger partial charge in [-0.25, -0.2) is 4.39 Å². The van der Waals surface area contributed by atoms with Crippen LogP contribution in [-0.4, -0.2) is 38.0 Å². The maximum Gasteiger partial charge on any atom is 0.254 e. The van der Waals surface area contributed by atoms with Gasteiger partial charge in [0.2, 0.25) is 5.91 Å². The number of methoxy groups -OCH3 is 2. The van der Waals surface area contributed by atoms with Gasteiger partial charge >= 0.3 is 0 Å². The second-order valence-electron chi connectivity index (χ2n) is 7.27. The lowest BCUT2D eigenvalue weighted by atomic mass is 9.81. The normalized spacial score (nSPS) is 17.7. The number of halogens is 2. The summed E-state index contributed by atoms with van der Waals surface area (Å²) in [7, 11) is 4.65. The van der Waals surface area contributed by atoms with Gasteiger partial charge in [-0.2, -0.15) is 0 Å². The molecule has 9 heteroatoms. The number of carbonyl (C=O) groups is 2. The molecule has 0 spiro atoms. The average molecular weight is 475 g/mol. The van der Waals surface area contributed by atoms with E-state index in [-0.39, 0.29) is 16.8 Å². The highest BCUT2D eigenvalue weighted by Crippen LogP contribution is 2.46. The molecule has 1 N–H and O–H groups in total. The third-order valence-corrected chi connectivity index (χ3v) is 6.71. The molecule has 0 radical (unpaired) electrons. The van der Waals surface area contributed by atoms with Crippen LogP contribution < -0.4 is 14.8 Å². The fraction of sp³-hybridized carbons (Fsp3) is 0.217. The quantitative estimate of drug-likeness (QED) is 0.558. The van der Waals surface area contributed by atoms with E-state index >= 15 is 0 Å². The number of amides is 2. The number of benzene rings is 2. The Labute approximate surface area is 193 Å². The van der Waals surface area contributed by atoms with Crippen molar-refractivity contribution in [3.05, 3.63) is 74.7 Å². The fourth-order valence-electron chi connectivity index (χ4n) is 3.94. The van der Waals surface area contributed by atoms with Crippen molar-refractivity contribution in [3.8, 4) is 11.5 Å². The van der Waals surface area contributed by atoms with E-state index in [2.05, 4.69) is 5.32 Å². The third-order valence-electron chi connectivity index (χ3n) is 5.48. The average Bonchev–Trinajstić information content (AvgIpc) is 3.32. The van der Waals surface area contributed by atoms with Gasteiger partial charge in [-0.3, -0.25) is 9.59 Å². The Morgan fingerprint density at radius 3 is 2.50 bits per heavy atom. The van der Waals surface area contributed by atoms with Crippen LogP contribution in [-0.2, 0) is 4.79 Å². The Bertz CT molecular complexity index is 1180. The van der Waals surface area contributed by atoms with Gasteiger partial charge in [0, 0.05) is 23.2 Å². The minimum absolute atomic E-state index is 0.0969. The second kappa shape index (κ2) is 8.80. The summed E-state index contributed by atoms with van der Waals surface area (Å²) in [6, 6.07) is 10.5. The maximum atomic E-state index is 13.6. The number of likely N-dealkylation sites (N-methyl/N-ethyl adjacent to an activating group) is 1. The summed E-state index contributed by atoms with van der Waals surface area (Å²) in [5.74, 6) is -1.11. The van der Waals surface area contributed by atoms with Gasteiger partial charge in [0.05, 0.1) is 31.2 Å². The van der Waals surface area contributed by atoms with E-state index in [1.54, 1.807) is 24.1 Å². The lowest BCUT2D eigenvalue weighted by molar-refractivity contribution is -0.119. The molecular weight excluding hydrogens is 455 g/mol. The topological polar surface area (TPSA) is 67.9 Å². The van der Waals surface area contributed by atoms with Crippen molar-refractivity contribution in [2.24, 2.45) is 0 Å². The van der Waals surface area contributed by atoms with Crippen LogP contribution in [0.1, 0.15) is 32.8 Å².